The molecule has 9 nitrogen and oxygen atoms in total. The van der Waals surface area contributed by atoms with E-state index in [-0.39, 0.29) is 17.3 Å². The number of piperazine rings is 1. The Bertz CT molecular complexity index is 1290. The summed E-state index contributed by atoms with van der Waals surface area (Å²) in [5.74, 6) is -1.97. The number of amides is 1. The Kier molecular flexibility index (Phi) is 7.87. The van der Waals surface area contributed by atoms with Crippen molar-refractivity contribution in [3.63, 3.8) is 0 Å². The Labute approximate surface area is 210 Å². The number of aliphatic carboxylic acids is 1. The van der Waals surface area contributed by atoms with Crippen molar-refractivity contribution in [2.45, 2.75) is 5.75 Å². The van der Waals surface area contributed by atoms with Crippen LogP contribution in [0, 0.1) is 0 Å². The summed E-state index contributed by atoms with van der Waals surface area (Å²) in [7, 11) is -3.97. The predicted molar refractivity (Wildman–Crippen MR) is 140 cm³/mol. The number of hydrogen-bond donors (Lipinski definition) is 3. The molecule has 3 aromatic rings. The summed E-state index contributed by atoms with van der Waals surface area (Å²) in [4.78, 5) is 26.4. The minimum Gasteiger partial charge on any atom is -0.480 e. The molecule has 1 heterocycles. The van der Waals surface area contributed by atoms with Crippen LogP contribution < -0.4 is 19.8 Å². The first-order valence-electron chi connectivity index (χ1n) is 11.5. The summed E-state index contributed by atoms with van der Waals surface area (Å²) < 4.78 is 26.9. The van der Waals surface area contributed by atoms with E-state index in [4.69, 9.17) is 0 Å². The van der Waals surface area contributed by atoms with Crippen molar-refractivity contribution in [1.82, 2.24) is 5.32 Å². The summed E-state index contributed by atoms with van der Waals surface area (Å²) >= 11 is 0. The highest BCUT2D eigenvalue weighted by molar-refractivity contribution is 7.92. The first-order chi connectivity index (χ1) is 17.3. The third kappa shape index (κ3) is 6.41. The lowest BCUT2D eigenvalue weighted by Gasteiger charge is -2.29. The molecule has 1 saturated heterocycles. The van der Waals surface area contributed by atoms with Crippen LogP contribution in [0.15, 0.2) is 78.9 Å². The minimum atomic E-state index is -3.97. The zero-order valence-electron chi connectivity index (χ0n) is 19.6. The Morgan fingerprint density at radius 1 is 0.917 bits per heavy atom. The van der Waals surface area contributed by atoms with Gasteiger partial charge in [-0.25, -0.2) is 8.42 Å². The number of carboxylic acid groups (broad SMARTS) is 1. The van der Waals surface area contributed by atoms with Gasteiger partial charge in [-0.3, -0.25) is 13.9 Å². The maximum Gasteiger partial charge on any atom is 0.324 e. The number of benzene rings is 3. The smallest absolute Gasteiger partial charge is 0.324 e. The molecule has 1 aliphatic rings. The molecule has 10 heteroatoms. The van der Waals surface area contributed by atoms with Crippen molar-refractivity contribution in [2.24, 2.45) is 0 Å². The van der Waals surface area contributed by atoms with Crippen LogP contribution in [0.2, 0.25) is 0 Å². The number of carbonyl (C=O) groups excluding carboxylic acids is 1. The summed E-state index contributed by atoms with van der Waals surface area (Å²) in [6, 6.07) is 22.0. The first-order valence-corrected chi connectivity index (χ1v) is 13.2. The molecule has 188 valence electrons. The van der Waals surface area contributed by atoms with Crippen LogP contribution in [0.1, 0.15) is 15.9 Å². The number of sulfonamides is 1. The second-order valence-electron chi connectivity index (χ2n) is 8.43. The van der Waals surface area contributed by atoms with E-state index >= 15 is 0 Å². The van der Waals surface area contributed by atoms with E-state index in [1.165, 1.54) is 24.3 Å². The van der Waals surface area contributed by atoms with Gasteiger partial charge in [-0.1, -0.05) is 30.3 Å². The highest BCUT2D eigenvalue weighted by Crippen LogP contribution is 2.23. The van der Waals surface area contributed by atoms with Crippen molar-refractivity contribution >= 4 is 39.0 Å². The second-order valence-corrected chi connectivity index (χ2v) is 10.3. The third-order valence-electron chi connectivity index (χ3n) is 5.83. The fraction of sp³-hybridized carbons (Fsp3) is 0.231. The topological polar surface area (TPSA) is 119 Å². The van der Waals surface area contributed by atoms with Gasteiger partial charge in [-0.15, -0.1) is 0 Å². The van der Waals surface area contributed by atoms with Crippen LogP contribution in [0.25, 0.3) is 0 Å². The quantitative estimate of drug-likeness (QED) is 0.407. The molecule has 0 atom stereocenters. The summed E-state index contributed by atoms with van der Waals surface area (Å²) in [6.45, 7) is 3.01. The van der Waals surface area contributed by atoms with Crippen molar-refractivity contribution in [2.75, 3.05) is 47.2 Å². The van der Waals surface area contributed by atoms with Gasteiger partial charge in [0, 0.05) is 43.1 Å². The highest BCUT2D eigenvalue weighted by Gasteiger charge is 2.25. The molecule has 1 fully saturated rings. The van der Waals surface area contributed by atoms with Crippen molar-refractivity contribution in [3.8, 4) is 0 Å². The number of anilines is 3. The Morgan fingerprint density at radius 3 is 2.17 bits per heavy atom. The zero-order valence-corrected chi connectivity index (χ0v) is 20.4. The number of carbonyl (C=O) groups is 2. The number of nitrogens with one attached hydrogen (secondary N) is 2. The molecule has 3 N–H and O–H groups in total. The molecule has 0 aromatic heterocycles. The SMILES string of the molecule is O=C(O)CN(c1ccc(C(=O)Nc2ccc(N3CCNCC3)cc2)cc1)S(=O)(=O)Cc1ccccc1. The number of carboxylic acids is 1. The first kappa shape index (κ1) is 25.2. The summed E-state index contributed by atoms with van der Waals surface area (Å²) in [6.07, 6.45) is 0. The van der Waals surface area contributed by atoms with E-state index in [0.29, 0.717) is 16.8 Å². The minimum absolute atomic E-state index is 0.172. The van der Waals surface area contributed by atoms with Gasteiger partial charge in [0.2, 0.25) is 10.0 Å². The predicted octanol–water partition coefficient (Wildman–Crippen LogP) is 2.77. The molecule has 0 aliphatic carbocycles. The average molecular weight is 509 g/mol. The van der Waals surface area contributed by atoms with Crippen LogP contribution in [-0.2, 0) is 20.6 Å². The van der Waals surface area contributed by atoms with Gasteiger partial charge in [-0.2, -0.15) is 0 Å². The Balaban J connectivity index is 1.45. The van der Waals surface area contributed by atoms with Crippen LogP contribution in [0.5, 0.6) is 0 Å². The van der Waals surface area contributed by atoms with E-state index in [9.17, 15) is 23.1 Å². The van der Waals surface area contributed by atoms with Gasteiger partial charge in [0.25, 0.3) is 5.91 Å². The molecule has 0 radical (unpaired) electrons. The number of hydrogen-bond acceptors (Lipinski definition) is 6. The molecule has 0 unspecified atom stereocenters. The maximum absolute atomic E-state index is 13.0. The standard InChI is InChI=1S/C26H28N4O5S/c31-25(32)18-30(36(34,35)19-20-4-2-1-3-5-20)24-10-6-21(7-11-24)26(33)28-22-8-12-23(13-9-22)29-16-14-27-15-17-29/h1-13,27H,14-19H2,(H,28,33)(H,31,32). The maximum atomic E-state index is 13.0. The zero-order chi connectivity index (χ0) is 25.5. The van der Waals surface area contributed by atoms with Crippen LogP contribution >= 0.6 is 0 Å². The molecule has 1 aliphatic heterocycles. The Morgan fingerprint density at radius 2 is 1.56 bits per heavy atom. The van der Waals surface area contributed by atoms with Gasteiger partial charge in [0.15, 0.2) is 0 Å². The lowest BCUT2D eigenvalue weighted by molar-refractivity contribution is -0.135. The molecule has 4 rings (SSSR count). The van der Waals surface area contributed by atoms with E-state index < -0.39 is 22.5 Å². The van der Waals surface area contributed by atoms with Gasteiger partial charge in [0.1, 0.15) is 6.54 Å². The van der Waals surface area contributed by atoms with Gasteiger partial charge >= 0.3 is 5.97 Å². The van der Waals surface area contributed by atoms with Crippen molar-refractivity contribution in [3.05, 3.63) is 90.0 Å². The van der Waals surface area contributed by atoms with Crippen LogP contribution in [0.3, 0.4) is 0 Å². The van der Waals surface area contributed by atoms with Gasteiger partial charge < -0.3 is 20.6 Å². The monoisotopic (exact) mass is 508 g/mol. The average Bonchev–Trinajstić information content (AvgIpc) is 2.88. The fourth-order valence-corrected chi connectivity index (χ4v) is 5.52. The van der Waals surface area contributed by atoms with E-state index in [1.54, 1.807) is 30.3 Å². The van der Waals surface area contributed by atoms with Crippen LogP contribution in [0.4, 0.5) is 17.1 Å². The normalized spacial score (nSPS) is 13.7. The largest absolute Gasteiger partial charge is 0.480 e. The van der Waals surface area contributed by atoms with E-state index in [0.717, 1.165) is 36.2 Å². The molecule has 0 spiro atoms. The summed E-state index contributed by atoms with van der Waals surface area (Å²) in [5.41, 5.74) is 2.77. The molecule has 1 amide bonds. The number of rotatable bonds is 9. The highest BCUT2D eigenvalue weighted by atomic mass is 32.2. The third-order valence-corrected chi connectivity index (χ3v) is 7.54. The van der Waals surface area contributed by atoms with Gasteiger partial charge in [0.05, 0.1) is 11.4 Å². The molecule has 3 aromatic carbocycles. The summed E-state index contributed by atoms with van der Waals surface area (Å²) in [5, 5.41) is 15.5. The van der Waals surface area contributed by atoms with E-state index in [2.05, 4.69) is 15.5 Å². The number of nitrogens with zero attached hydrogens (tertiary/aromatic N) is 2. The molecule has 0 saturated carbocycles. The fourth-order valence-electron chi connectivity index (χ4n) is 4.00. The lowest BCUT2D eigenvalue weighted by Crippen LogP contribution is -2.43. The van der Waals surface area contributed by atoms with Gasteiger partial charge in [-0.05, 0) is 54.1 Å². The molecular formula is C26H28N4O5S. The molecular weight excluding hydrogens is 480 g/mol. The molecule has 36 heavy (non-hydrogen) atoms. The van der Waals surface area contributed by atoms with E-state index in [1.807, 2.05) is 24.3 Å². The lowest BCUT2D eigenvalue weighted by atomic mass is 10.2. The van der Waals surface area contributed by atoms with Crippen molar-refractivity contribution < 1.29 is 23.1 Å². The second kappa shape index (κ2) is 11.2. The molecule has 0 bridgehead atoms. The Hall–Kier alpha value is -3.89. The van der Waals surface area contributed by atoms with Crippen molar-refractivity contribution in [1.29, 1.82) is 0 Å². The van der Waals surface area contributed by atoms with Crippen LogP contribution in [-0.4, -0.2) is 58.1 Å².